The van der Waals surface area contributed by atoms with Gasteiger partial charge in [0, 0.05) is 53.9 Å². The second-order valence-corrected chi connectivity index (χ2v) is 8.10. The maximum Gasteiger partial charge on any atom is 0.213 e. The van der Waals surface area contributed by atoms with E-state index in [1.807, 2.05) is 48.5 Å². The zero-order valence-electron chi connectivity index (χ0n) is 17.0. The molecule has 0 bridgehead atoms. The highest BCUT2D eigenvalue weighted by molar-refractivity contribution is 6.30. The van der Waals surface area contributed by atoms with Crippen LogP contribution < -0.4 is 15.0 Å². The summed E-state index contributed by atoms with van der Waals surface area (Å²) >= 11 is 6.00. The third-order valence-corrected chi connectivity index (χ3v) is 5.74. The molecular weight excluding hydrogens is 408 g/mol. The molecule has 2 aromatic carbocycles. The van der Waals surface area contributed by atoms with Gasteiger partial charge in [-0.05, 0) is 29.8 Å². The van der Waals surface area contributed by atoms with E-state index in [2.05, 4.69) is 39.5 Å². The molecule has 5 nitrogen and oxygen atoms in total. The SMILES string of the molecule is Clc1ccc(CNc2cc(N3CC[C@H](Oc4ccccn4)C3)c3ccccc3n2)cc1. The Kier molecular flexibility index (Phi) is 5.59. The van der Waals surface area contributed by atoms with Crippen molar-refractivity contribution in [3.8, 4) is 5.88 Å². The molecule has 1 atom stereocenters. The monoisotopic (exact) mass is 430 g/mol. The molecule has 2 aromatic heterocycles. The molecule has 1 aliphatic rings. The number of para-hydroxylation sites is 1. The highest BCUT2D eigenvalue weighted by Crippen LogP contribution is 2.32. The summed E-state index contributed by atoms with van der Waals surface area (Å²) in [7, 11) is 0. The van der Waals surface area contributed by atoms with Gasteiger partial charge in [0.2, 0.25) is 5.88 Å². The van der Waals surface area contributed by atoms with Crippen molar-refractivity contribution >= 4 is 34.0 Å². The van der Waals surface area contributed by atoms with E-state index in [0.29, 0.717) is 12.4 Å². The molecule has 156 valence electrons. The molecule has 3 heterocycles. The number of nitrogens with zero attached hydrogens (tertiary/aromatic N) is 3. The van der Waals surface area contributed by atoms with Crippen LogP contribution in [-0.4, -0.2) is 29.2 Å². The van der Waals surface area contributed by atoms with Crippen LogP contribution in [0.3, 0.4) is 0 Å². The number of halogens is 1. The maximum absolute atomic E-state index is 6.09. The molecule has 1 fully saturated rings. The predicted molar refractivity (Wildman–Crippen MR) is 126 cm³/mol. The Morgan fingerprint density at radius 3 is 2.71 bits per heavy atom. The van der Waals surface area contributed by atoms with Crippen LogP contribution in [0.1, 0.15) is 12.0 Å². The lowest BCUT2D eigenvalue weighted by atomic mass is 10.1. The smallest absolute Gasteiger partial charge is 0.213 e. The van der Waals surface area contributed by atoms with Gasteiger partial charge < -0.3 is 15.0 Å². The molecule has 0 saturated carbocycles. The topological polar surface area (TPSA) is 50.3 Å². The van der Waals surface area contributed by atoms with Crippen molar-refractivity contribution in [1.82, 2.24) is 9.97 Å². The van der Waals surface area contributed by atoms with Crippen LogP contribution in [0.2, 0.25) is 5.02 Å². The first-order chi connectivity index (χ1) is 15.2. The van der Waals surface area contributed by atoms with Crippen molar-refractivity contribution in [2.24, 2.45) is 0 Å². The Bertz CT molecular complexity index is 1170. The van der Waals surface area contributed by atoms with Crippen LogP contribution in [0.15, 0.2) is 79.0 Å². The lowest BCUT2D eigenvalue weighted by Gasteiger charge is -2.22. The molecule has 5 rings (SSSR count). The van der Waals surface area contributed by atoms with Crippen molar-refractivity contribution in [3.05, 3.63) is 89.6 Å². The summed E-state index contributed by atoms with van der Waals surface area (Å²) in [4.78, 5) is 11.5. The van der Waals surface area contributed by atoms with Gasteiger partial charge >= 0.3 is 0 Å². The molecule has 0 unspecified atom stereocenters. The fraction of sp³-hybridized carbons (Fsp3) is 0.200. The number of nitrogens with one attached hydrogen (secondary N) is 1. The van der Waals surface area contributed by atoms with Crippen molar-refractivity contribution in [3.63, 3.8) is 0 Å². The van der Waals surface area contributed by atoms with Crippen LogP contribution in [0, 0.1) is 0 Å². The number of pyridine rings is 2. The number of anilines is 2. The zero-order chi connectivity index (χ0) is 21.0. The van der Waals surface area contributed by atoms with E-state index in [9.17, 15) is 0 Å². The first-order valence-electron chi connectivity index (χ1n) is 10.5. The van der Waals surface area contributed by atoms with E-state index >= 15 is 0 Å². The van der Waals surface area contributed by atoms with Crippen molar-refractivity contribution < 1.29 is 4.74 Å². The number of hydrogen-bond acceptors (Lipinski definition) is 5. The van der Waals surface area contributed by atoms with Crippen LogP contribution >= 0.6 is 11.6 Å². The van der Waals surface area contributed by atoms with E-state index in [1.165, 1.54) is 5.69 Å². The van der Waals surface area contributed by atoms with Crippen LogP contribution in [0.5, 0.6) is 5.88 Å². The minimum atomic E-state index is 0.118. The summed E-state index contributed by atoms with van der Waals surface area (Å²) in [6.45, 7) is 2.44. The Labute approximate surface area is 186 Å². The minimum Gasteiger partial charge on any atom is -0.472 e. The van der Waals surface area contributed by atoms with Gasteiger partial charge in [-0.3, -0.25) is 0 Å². The lowest BCUT2D eigenvalue weighted by molar-refractivity contribution is 0.216. The number of rotatable bonds is 6. The second-order valence-electron chi connectivity index (χ2n) is 7.67. The molecule has 0 spiro atoms. The fourth-order valence-electron chi connectivity index (χ4n) is 3.93. The summed E-state index contributed by atoms with van der Waals surface area (Å²) in [6.07, 6.45) is 2.84. The maximum atomic E-state index is 6.09. The van der Waals surface area contributed by atoms with Crippen LogP contribution in [0.25, 0.3) is 10.9 Å². The fourth-order valence-corrected chi connectivity index (χ4v) is 4.06. The van der Waals surface area contributed by atoms with E-state index < -0.39 is 0 Å². The summed E-state index contributed by atoms with van der Waals surface area (Å²) in [5.74, 6) is 1.54. The average Bonchev–Trinajstić information content (AvgIpc) is 3.27. The second kappa shape index (κ2) is 8.82. The van der Waals surface area contributed by atoms with Crippen molar-refractivity contribution in [1.29, 1.82) is 0 Å². The molecule has 6 heteroatoms. The third-order valence-electron chi connectivity index (χ3n) is 5.49. The molecular formula is C25H23ClN4O. The number of benzene rings is 2. The van der Waals surface area contributed by atoms with Crippen molar-refractivity contribution in [2.75, 3.05) is 23.3 Å². The quantitative estimate of drug-likeness (QED) is 0.434. The normalized spacial score (nSPS) is 15.9. The minimum absolute atomic E-state index is 0.118. The van der Waals surface area contributed by atoms with Gasteiger partial charge in [-0.25, -0.2) is 9.97 Å². The first-order valence-corrected chi connectivity index (χ1v) is 10.8. The average molecular weight is 431 g/mol. The molecule has 1 aliphatic heterocycles. The molecule has 0 amide bonds. The number of aromatic nitrogens is 2. The van der Waals surface area contributed by atoms with Gasteiger partial charge in [0.25, 0.3) is 0 Å². The van der Waals surface area contributed by atoms with Gasteiger partial charge in [0.15, 0.2) is 0 Å². The van der Waals surface area contributed by atoms with E-state index in [-0.39, 0.29) is 6.10 Å². The third kappa shape index (κ3) is 4.57. The molecule has 1 saturated heterocycles. The van der Waals surface area contributed by atoms with E-state index in [1.54, 1.807) is 6.20 Å². The Balaban J connectivity index is 1.36. The number of ether oxygens (including phenoxy) is 1. The molecule has 1 N–H and O–H groups in total. The van der Waals surface area contributed by atoms with E-state index in [0.717, 1.165) is 46.8 Å². The van der Waals surface area contributed by atoms with Gasteiger partial charge in [-0.2, -0.15) is 0 Å². The number of hydrogen-bond donors (Lipinski definition) is 1. The van der Waals surface area contributed by atoms with Crippen LogP contribution in [-0.2, 0) is 6.54 Å². The Morgan fingerprint density at radius 2 is 1.87 bits per heavy atom. The molecule has 31 heavy (non-hydrogen) atoms. The first kappa shape index (κ1) is 19.6. The van der Waals surface area contributed by atoms with Gasteiger partial charge in [-0.15, -0.1) is 0 Å². The summed E-state index contributed by atoms with van der Waals surface area (Å²) in [5.41, 5.74) is 3.31. The highest BCUT2D eigenvalue weighted by atomic mass is 35.5. The summed E-state index contributed by atoms with van der Waals surface area (Å²) < 4.78 is 6.09. The Hall–Kier alpha value is -3.31. The lowest BCUT2D eigenvalue weighted by Crippen LogP contribution is -2.25. The number of fused-ring (bicyclic) bond motifs is 1. The largest absolute Gasteiger partial charge is 0.472 e. The predicted octanol–water partition coefficient (Wildman–Crippen LogP) is 5.55. The molecule has 0 aliphatic carbocycles. The van der Waals surface area contributed by atoms with Gasteiger partial charge in [0.1, 0.15) is 11.9 Å². The van der Waals surface area contributed by atoms with Crippen LogP contribution in [0.4, 0.5) is 11.5 Å². The summed E-state index contributed by atoms with van der Waals surface area (Å²) in [6, 6.07) is 24.0. The zero-order valence-corrected chi connectivity index (χ0v) is 17.8. The highest BCUT2D eigenvalue weighted by Gasteiger charge is 2.26. The standard InChI is InChI=1S/C25H23ClN4O/c26-19-10-8-18(9-11-19)16-28-24-15-23(21-5-1-2-6-22(21)29-24)30-14-12-20(17-30)31-25-7-3-4-13-27-25/h1-11,13,15,20H,12,14,16-17H2,(H,28,29)/t20-/m0/s1. The molecule has 0 radical (unpaired) electrons. The summed E-state index contributed by atoms with van der Waals surface area (Å²) in [5, 5.41) is 5.36. The van der Waals surface area contributed by atoms with Gasteiger partial charge in [0.05, 0.1) is 12.1 Å². The van der Waals surface area contributed by atoms with Gasteiger partial charge in [-0.1, -0.05) is 48.0 Å². The van der Waals surface area contributed by atoms with Crippen molar-refractivity contribution in [2.45, 2.75) is 19.1 Å². The Morgan fingerprint density at radius 1 is 1.03 bits per heavy atom. The molecule has 4 aromatic rings. The van der Waals surface area contributed by atoms with E-state index in [4.69, 9.17) is 21.3 Å².